The topological polar surface area (TPSA) is 68.5 Å². The molecule has 24 heavy (non-hydrogen) atoms. The van der Waals surface area contributed by atoms with E-state index in [1.165, 1.54) is 12.8 Å². The van der Waals surface area contributed by atoms with Crippen LogP contribution in [0.25, 0.3) is 22.1 Å². The molecule has 0 aliphatic heterocycles. The predicted molar refractivity (Wildman–Crippen MR) is 92.7 cm³/mol. The Morgan fingerprint density at radius 1 is 1.00 bits per heavy atom. The van der Waals surface area contributed by atoms with Gasteiger partial charge in [-0.05, 0) is 24.5 Å². The van der Waals surface area contributed by atoms with Crippen molar-refractivity contribution >= 4 is 27.9 Å². The van der Waals surface area contributed by atoms with E-state index in [2.05, 4.69) is 54.1 Å². The zero-order valence-corrected chi connectivity index (χ0v) is 13.1. The summed E-state index contributed by atoms with van der Waals surface area (Å²) in [5.41, 5.74) is 3.89. The standard InChI is InChI=1S/C18H16N6/c1-3-12-5-2-8-19-15(12)13(4-1)9-20-17-16-18(22-10-21-17)24(11-23-16)14-6-7-14/h1-5,8,10-11,14H,6-7,9H2,(H,20,21,22). The second-order valence-electron chi connectivity index (χ2n) is 6.12. The lowest BCUT2D eigenvalue weighted by atomic mass is 10.1. The van der Waals surface area contributed by atoms with E-state index in [-0.39, 0.29) is 0 Å². The molecule has 6 heteroatoms. The van der Waals surface area contributed by atoms with Crippen molar-refractivity contribution in [1.82, 2.24) is 24.5 Å². The van der Waals surface area contributed by atoms with Gasteiger partial charge in [0.15, 0.2) is 11.5 Å². The lowest BCUT2D eigenvalue weighted by molar-refractivity contribution is 0.756. The third kappa shape index (κ3) is 2.19. The number of benzene rings is 1. The maximum Gasteiger partial charge on any atom is 0.165 e. The largest absolute Gasteiger partial charge is 0.364 e. The van der Waals surface area contributed by atoms with Gasteiger partial charge in [0.05, 0.1) is 11.8 Å². The van der Waals surface area contributed by atoms with Crippen molar-refractivity contribution in [2.24, 2.45) is 0 Å². The van der Waals surface area contributed by atoms with Crippen LogP contribution in [0.3, 0.4) is 0 Å². The molecule has 1 aromatic carbocycles. The summed E-state index contributed by atoms with van der Waals surface area (Å²) in [5.74, 6) is 0.771. The molecule has 0 amide bonds. The number of aromatic nitrogens is 5. The van der Waals surface area contributed by atoms with Crippen LogP contribution in [0.1, 0.15) is 24.4 Å². The van der Waals surface area contributed by atoms with E-state index in [0.29, 0.717) is 12.6 Å². The van der Waals surface area contributed by atoms with Crippen molar-refractivity contribution in [3.63, 3.8) is 0 Å². The van der Waals surface area contributed by atoms with Crippen molar-refractivity contribution in [3.8, 4) is 0 Å². The average molecular weight is 316 g/mol. The highest BCUT2D eigenvalue weighted by Crippen LogP contribution is 2.37. The fourth-order valence-corrected chi connectivity index (χ4v) is 3.09. The van der Waals surface area contributed by atoms with Crippen LogP contribution in [-0.2, 0) is 6.54 Å². The van der Waals surface area contributed by atoms with E-state index in [1.54, 1.807) is 6.33 Å². The quantitative estimate of drug-likeness (QED) is 0.625. The van der Waals surface area contributed by atoms with Gasteiger partial charge in [0.1, 0.15) is 11.8 Å². The van der Waals surface area contributed by atoms with E-state index in [0.717, 1.165) is 33.4 Å². The number of hydrogen-bond donors (Lipinski definition) is 1. The predicted octanol–water partition coefficient (Wildman–Crippen LogP) is 3.32. The first-order valence-electron chi connectivity index (χ1n) is 8.14. The molecule has 0 bridgehead atoms. The highest BCUT2D eigenvalue weighted by atomic mass is 15.2. The van der Waals surface area contributed by atoms with Gasteiger partial charge in [-0.2, -0.15) is 0 Å². The monoisotopic (exact) mass is 316 g/mol. The molecular formula is C18H16N6. The number of para-hydroxylation sites is 1. The maximum absolute atomic E-state index is 4.51. The van der Waals surface area contributed by atoms with Gasteiger partial charge in [-0.25, -0.2) is 15.0 Å². The molecule has 1 fully saturated rings. The van der Waals surface area contributed by atoms with Crippen LogP contribution >= 0.6 is 0 Å². The Morgan fingerprint density at radius 3 is 2.83 bits per heavy atom. The van der Waals surface area contributed by atoms with Crippen molar-refractivity contribution in [2.45, 2.75) is 25.4 Å². The Hall–Kier alpha value is -3.02. The molecule has 5 rings (SSSR count). The molecule has 118 valence electrons. The molecule has 0 unspecified atom stereocenters. The first-order chi connectivity index (χ1) is 11.9. The van der Waals surface area contributed by atoms with E-state index >= 15 is 0 Å². The first-order valence-corrected chi connectivity index (χ1v) is 8.14. The van der Waals surface area contributed by atoms with Crippen LogP contribution in [0.4, 0.5) is 5.82 Å². The Bertz CT molecular complexity index is 1030. The van der Waals surface area contributed by atoms with Crippen molar-refractivity contribution < 1.29 is 0 Å². The molecule has 1 aliphatic rings. The number of rotatable bonds is 4. The van der Waals surface area contributed by atoms with Crippen LogP contribution in [-0.4, -0.2) is 24.5 Å². The van der Waals surface area contributed by atoms with E-state index < -0.39 is 0 Å². The van der Waals surface area contributed by atoms with Crippen LogP contribution in [0.5, 0.6) is 0 Å². The van der Waals surface area contributed by atoms with Gasteiger partial charge in [0.2, 0.25) is 0 Å². The normalized spacial score (nSPS) is 14.3. The van der Waals surface area contributed by atoms with Crippen LogP contribution in [0.2, 0.25) is 0 Å². The van der Waals surface area contributed by atoms with Crippen LogP contribution < -0.4 is 5.32 Å². The van der Waals surface area contributed by atoms with Gasteiger partial charge in [-0.1, -0.05) is 24.3 Å². The third-order valence-electron chi connectivity index (χ3n) is 4.46. The molecular weight excluding hydrogens is 300 g/mol. The SMILES string of the molecule is c1cnc2c(CNc3ncnc4c3ncn4C3CC3)cccc2c1. The summed E-state index contributed by atoms with van der Waals surface area (Å²) < 4.78 is 2.15. The minimum Gasteiger partial charge on any atom is -0.364 e. The first kappa shape index (κ1) is 13.4. The average Bonchev–Trinajstić information content (AvgIpc) is 3.38. The molecule has 0 atom stereocenters. The van der Waals surface area contributed by atoms with Crippen molar-refractivity contribution in [2.75, 3.05) is 5.32 Å². The minimum atomic E-state index is 0.556. The number of nitrogens with one attached hydrogen (secondary N) is 1. The molecule has 3 heterocycles. The molecule has 6 nitrogen and oxygen atoms in total. The van der Waals surface area contributed by atoms with Gasteiger partial charge in [-0.3, -0.25) is 4.98 Å². The van der Waals surface area contributed by atoms with Gasteiger partial charge < -0.3 is 9.88 Å². The lowest BCUT2D eigenvalue weighted by Crippen LogP contribution is -2.04. The number of anilines is 1. The number of pyridine rings is 1. The summed E-state index contributed by atoms with van der Waals surface area (Å²) in [5, 5.41) is 4.54. The number of hydrogen-bond acceptors (Lipinski definition) is 5. The Kier molecular flexibility index (Phi) is 2.94. The minimum absolute atomic E-state index is 0.556. The Labute approximate surface area is 138 Å². The maximum atomic E-state index is 4.51. The summed E-state index contributed by atoms with van der Waals surface area (Å²) in [4.78, 5) is 17.8. The van der Waals surface area contributed by atoms with Crippen LogP contribution in [0.15, 0.2) is 49.2 Å². The number of imidazole rings is 1. The molecule has 1 saturated carbocycles. The smallest absolute Gasteiger partial charge is 0.165 e. The summed E-state index contributed by atoms with van der Waals surface area (Å²) >= 11 is 0. The van der Waals surface area contributed by atoms with E-state index in [4.69, 9.17) is 0 Å². The van der Waals surface area contributed by atoms with Gasteiger partial charge in [0.25, 0.3) is 0 Å². The van der Waals surface area contributed by atoms with Gasteiger partial charge in [-0.15, -0.1) is 0 Å². The number of fused-ring (bicyclic) bond motifs is 2. The second-order valence-corrected chi connectivity index (χ2v) is 6.12. The van der Waals surface area contributed by atoms with E-state index in [1.807, 2.05) is 18.6 Å². The summed E-state index contributed by atoms with van der Waals surface area (Å²) in [6, 6.07) is 10.8. The Balaban J connectivity index is 1.48. The molecule has 0 spiro atoms. The number of nitrogens with zero attached hydrogens (tertiary/aromatic N) is 5. The van der Waals surface area contributed by atoms with Gasteiger partial charge in [0, 0.05) is 24.2 Å². The second kappa shape index (κ2) is 5.26. The molecule has 1 N–H and O–H groups in total. The summed E-state index contributed by atoms with van der Waals surface area (Å²) in [6.07, 6.45) is 7.72. The zero-order chi connectivity index (χ0) is 15.9. The summed E-state index contributed by atoms with van der Waals surface area (Å²) in [6.45, 7) is 0.650. The highest BCUT2D eigenvalue weighted by molar-refractivity contribution is 5.84. The molecule has 0 radical (unpaired) electrons. The molecule has 4 aromatic rings. The van der Waals surface area contributed by atoms with Crippen molar-refractivity contribution in [1.29, 1.82) is 0 Å². The fraction of sp³-hybridized carbons (Fsp3) is 0.222. The molecule has 3 aromatic heterocycles. The Morgan fingerprint density at radius 2 is 1.92 bits per heavy atom. The lowest BCUT2D eigenvalue weighted by Gasteiger charge is -2.08. The van der Waals surface area contributed by atoms with E-state index in [9.17, 15) is 0 Å². The molecule has 0 saturated heterocycles. The van der Waals surface area contributed by atoms with Crippen molar-refractivity contribution in [3.05, 3.63) is 54.7 Å². The van der Waals surface area contributed by atoms with Crippen LogP contribution in [0, 0.1) is 0 Å². The highest BCUT2D eigenvalue weighted by Gasteiger charge is 2.26. The molecule has 1 aliphatic carbocycles. The van der Waals surface area contributed by atoms with Gasteiger partial charge >= 0.3 is 0 Å². The summed E-state index contributed by atoms with van der Waals surface area (Å²) in [7, 11) is 0. The zero-order valence-electron chi connectivity index (χ0n) is 13.1. The fourth-order valence-electron chi connectivity index (χ4n) is 3.09. The third-order valence-corrected chi connectivity index (χ3v) is 4.46.